The molecular weight excluding hydrogens is 394 g/mol. The highest BCUT2D eigenvalue weighted by Gasteiger charge is 2.14. The van der Waals surface area contributed by atoms with Crippen molar-refractivity contribution in [1.82, 2.24) is 10.2 Å². The van der Waals surface area contributed by atoms with Gasteiger partial charge in [0.05, 0.1) is 5.56 Å². The van der Waals surface area contributed by atoms with Crippen LogP contribution in [0.3, 0.4) is 0 Å². The van der Waals surface area contributed by atoms with Crippen LogP contribution >= 0.6 is 34.9 Å². The summed E-state index contributed by atoms with van der Waals surface area (Å²) in [6, 6.07) is 18.0. The Labute approximate surface area is 172 Å². The average Bonchev–Trinajstić information content (AvgIpc) is 3.14. The molecule has 1 aromatic heterocycles. The van der Waals surface area contributed by atoms with Crippen molar-refractivity contribution in [3.05, 3.63) is 70.7 Å². The number of carbonyl (C=O) groups is 1. The molecule has 0 saturated carbocycles. The van der Waals surface area contributed by atoms with Gasteiger partial charge in [-0.25, -0.2) is 0 Å². The third kappa shape index (κ3) is 6.09. The van der Waals surface area contributed by atoms with Crippen molar-refractivity contribution in [3.63, 3.8) is 0 Å². The van der Waals surface area contributed by atoms with E-state index in [0.29, 0.717) is 10.7 Å². The number of amides is 1. The third-order valence-corrected chi connectivity index (χ3v) is 6.93. The summed E-state index contributed by atoms with van der Waals surface area (Å²) in [5.41, 5.74) is 1.98. The number of anilines is 1. The number of benzene rings is 2. The molecule has 0 aliphatic carbocycles. The first-order chi connectivity index (χ1) is 13.3. The number of hydrogen-bond acceptors (Lipinski definition) is 6. The van der Waals surface area contributed by atoms with Crippen LogP contribution in [0, 0.1) is 0 Å². The summed E-state index contributed by atoms with van der Waals surface area (Å²) in [6.45, 7) is 2.13. The molecule has 1 heterocycles. The molecule has 0 saturated heterocycles. The molecule has 3 aromatic rings. The number of nitrogens with one attached hydrogen (secondary N) is 1. The summed E-state index contributed by atoms with van der Waals surface area (Å²) in [5.74, 6) is 2.58. The first kappa shape index (κ1) is 19.9. The van der Waals surface area contributed by atoms with Crippen LogP contribution in [0.4, 0.5) is 5.13 Å². The molecule has 0 bridgehead atoms. The van der Waals surface area contributed by atoms with Crippen LogP contribution in [-0.2, 0) is 11.5 Å². The highest BCUT2D eigenvalue weighted by atomic mass is 32.2. The largest absolute Gasteiger partial charge is 0.296 e. The fourth-order valence-electron chi connectivity index (χ4n) is 2.35. The number of aromatic nitrogens is 2. The van der Waals surface area contributed by atoms with E-state index in [0.717, 1.165) is 33.6 Å². The lowest BCUT2D eigenvalue weighted by Gasteiger charge is -2.07. The maximum atomic E-state index is 12.6. The lowest BCUT2D eigenvalue weighted by atomic mass is 10.2. The van der Waals surface area contributed by atoms with E-state index in [4.69, 9.17) is 0 Å². The van der Waals surface area contributed by atoms with E-state index in [9.17, 15) is 4.79 Å². The van der Waals surface area contributed by atoms with Gasteiger partial charge in [-0.05, 0) is 29.9 Å². The Hall–Kier alpha value is -1.83. The van der Waals surface area contributed by atoms with Gasteiger partial charge in [0.15, 0.2) is 0 Å². The molecular formula is C20H21N3OS3. The molecule has 3 rings (SSSR count). The van der Waals surface area contributed by atoms with Crippen molar-refractivity contribution in [3.8, 4) is 0 Å². The highest BCUT2D eigenvalue weighted by molar-refractivity contribution is 7.99. The van der Waals surface area contributed by atoms with Crippen LogP contribution in [0.1, 0.15) is 34.3 Å². The van der Waals surface area contributed by atoms with Crippen LogP contribution < -0.4 is 5.32 Å². The SMILES string of the molecule is CCCSc1ccccc1C(=O)Nc1nnc(CSCc2ccccc2)s1. The summed E-state index contributed by atoms with van der Waals surface area (Å²) >= 11 is 4.93. The van der Waals surface area contributed by atoms with Crippen molar-refractivity contribution < 1.29 is 4.79 Å². The molecule has 27 heavy (non-hydrogen) atoms. The van der Waals surface area contributed by atoms with Gasteiger partial charge in [-0.3, -0.25) is 10.1 Å². The lowest BCUT2D eigenvalue weighted by Crippen LogP contribution is -2.12. The minimum Gasteiger partial charge on any atom is -0.296 e. The molecule has 0 aliphatic heterocycles. The van der Waals surface area contributed by atoms with E-state index in [-0.39, 0.29) is 5.91 Å². The zero-order valence-electron chi connectivity index (χ0n) is 15.1. The topological polar surface area (TPSA) is 54.9 Å². The van der Waals surface area contributed by atoms with Gasteiger partial charge in [0.1, 0.15) is 5.01 Å². The van der Waals surface area contributed by atoms with E-state index in [1.54, 1.807) is 23.5 Å². The summed E-state index contributed by atoms with van der Waals surface area (Å²) in [4.78, 5) is 13.6. The van der Waals surface area contributed by atoms with Crippen LogP contribution in [0.5, 0.6) is 0 Å². The Balaban J connectivity index is 1.55. The van der Waals surface area contributed by atoms with Gasteiger partial charge in [0.2, 0.25) is 5.13 Å². The lowest BCUT2D eigenvalue weighted by molar-refractivity contribution is 0.102. The minimum absolute atomic E-state index is 0.131. The fraction of sp³-hybridized carbons (Fsp3) is 0.250. The standard InChI is InChI=1S/C20H21N3OS3/c1-2-12-26-17-11-7-6-10-16(17)19(24)21-20-23-22-18(27-20)14-25-13-15-8-4-3-5-9-15/h3-11H,2,12-14H2,1H3,(H,21,23,24). The Morgan fingerprint density at radius 1 is 1.04 bits per heavy atom. The molecule has 1 N–H and O–H groups in total. The second-order valence-electron chi connectivity index (χ2n) is 5.78. The number of nitrogens with zero attached hydrogens (tertiary/aromatic N) is 2. The molecule has 4 nitrogen and oxygen atoms in total. The second kappa shape index (κ2) is 10.5. The Kier molecular flexibility index (Phi) is 7.74. The average molecular weight is 416 g/mol. The monoisotopic (exact) mass is 415 g/mol. The van der Waals surface area contributed by atoms with Gasteiger partial charge < -0.3 is 0 Å². The highest BCUT2D eigenvalue weighted by Crippen LogP contribution is 2.26. The maximum absolute atomic E-state index is 12.6. The molecule has 0 fully saturated rings. The number of hydrogen-bond donors (Lipinski definition) is 1. The van der Waals surface area contributed by atoms with E-state index in [2.05, 4.69) is 34.6 Å². The predicted molar refractivity (Wildman–Crippen MR) is 117 cm³/mol. The molecule has 1 amide bonds. The van der Waals surface area contributed by atoms with Gasteiger partial charge in [-0.1, -0.05) is 60.7 Å². The van der Waals surface area contributed by atoms with Gasteiger partial charge in [0, 0.05) is 16.4 Å². The first-order valence-electron chi connectivity index (χ1n) is 8.73. The van der Waals surface area contributed by atoms with Crippen molar-refractivity contribution >= 4 is 45.9 Å². The van der Waals surface area contributed by atoms with Crippen molar-refractivity contribution in [1.29, 1.82) is 0 Å². The zero-order chi connectivity index (χ0) is 18.9. The van der Waals surface area contributed by atoms with Crippen LogP contribution in [0.15, 0.2) is 59.5 Å². The van der Waals surface area contributed by atoms with Gasteiger partial charge in [-0.2, -0.15) is 0 Å². The number of rotatable bonds is 9. The molecule has 0 aliphatic rings. The predicted octanol–water partition coefficient (Wildman–Crippen LogP) is 5.73. The van der Waals surface area contributed by atoms with Gasteiger partial charge in [0.25, 0.3) is 5.91 Å². The molecule has 7 heteroatoms. The Morgan fingerprint density at radius 3 is 2.63 bits per heavy atom. The summed E-state index contributed by atoms with van der Waals surface area (Å²) in [7, 11) is 0. The quantitative estimate of drug-likeness (QED) is 0.453. The summed E-state index contributed by atoms with van der Waals surface area (Å²) in [5, 5.41) is 12.7. The van der Waals surface area contributed by atoms with Crippen molar-refractivity contribution in [2.75, 3.05) is 11.1 Å². The van der Waals surface area contributed by atoms with Crippen LogP contribution in [0.25, 0.3) is 0 Å². The normalized spacial score (nSPS) is 10.7. The second-order valence-corrected chi connectivity index (χ2v) is 8.96. The first-order valence-corrected chi connectivity index (χ1v) is 11.7. The molecule has 0 spiro atoms. The van der Waals surface area contributed by atoms with Crippen molar-refractivity contribution in [2.45, 2.75) is 29.7 Å². The van der Waals surface area contributed by atoms with E-state index in [1.807, 2.05) is 42.5 Å². The van der Waals surface area contributed by atoms with E-state index >= 15 is 0 Å². The number of thioether (sulfide) groups is 2. The van der Waals surface area contributed by atoms with E-state index < -0.39 is 0 Å². The van der Waals surface area contributed by atoms with Gasteiger partial charge in [-0.15, -0.1) is 33.7 Å². The Bertz CT molecular complexity index is 868. The minimum atomic E-state index is -0.131. The van der Waals surface area contributed by atoms with Crippen LogP contribution in [-0.4, -0.2) is 21.9 Å². The molecule has 140 valence electrons. The summed E-state index contributed by atoms with van der Waals surface area (Å²) in [6.07, 6.45) is 1.07. The fourth-order valence-corrected chi connectivity index (χ4v) is 5.04. The zero-order valence-corrected chi connectivity index (χ0v) is 17.5. The van der Waals surface area contributed by atoms with E-state index in [1.165, 1.54) is 16.9 Å². The smallest absolute Gasteiger partial charge is 0.258 e. The molecule has 0 unspecified atom stereocenters. The molecule has 0 atom stereocenters. The maximum Gasteiger partial charge on any atom is 0.258 e. The Morgan fingerprint density at radius 2 is 1.81 bits per heavy atom. The summed E-state index contributed by atoms with van der Waals surface area (Å²) < 4.78 is 0. The third-order valence-electron chi connectivity index (χ3n) is 3.62. The van der Waals surface area contributed by atoms with Gasteiger partial charge >= 0.3 is 0 Å². The number of carbonyl (C=O) groups excluding carboxylic acids is 1. The molecule has 2 aromatic carbocycles. The molecule has 0 radical (unpaired) electrons. The van der Waals surface area contributed by atoms with Crippen molar-refractivity contribution in [2.24, 2.45) is 0 Å². The van der Waals surface area contributed by atoms with Crippen LogP contribution in [0.2, 0.25) is 0 Å².